The van der Waals surface area contributed by atoms with Crippen molar-refractivity contribution in [3.05, 3.63) is 70.8 Å². The van der Waals surface area contributed by atoms with E-state index in [1.807, 2.05) is 53.9 Å². The van der Waals surface area contributed by atoms with Crippen LogP contribution >= 0.6 is 23.5 Å². The van der Waals surface area contributed by atoms with Crippen LogP contribution in [0.4, 0.5) is 0 Å². The Morgan fingerprint density at radius 2 is 1.77 bits per heavy atom. The maximum Gasteiger partial charge on any atom is 0.251 e. The van der Waals surface area contributed by atoms with Gasteiger partial charge in [0, 0.05) is 23.6 Å². The summed E-state index contributed by atoms with van der Waals surface area (Å²) in [5.41, 5.74) is 4.40. The molecule has 0 bridgehead atoms. The van der Waals surface area contributed by atoms with Gasteiger partial charge in [0.05, 0.1) is 4.58 Å². The Morgan fingerprint density at radius 1 is 1.09 bits per heavy atom. The number of aryl methyl sites for hydroxylation is 1. The van der Waals surface area contributed by atoms with Crippen LogP contribution in [-0.4, -0.2) is 17.4 Å². The van der Waals surface area contributed by atoms with Gasteiger partial charge in [-0.3, -0.25) is 4.79 Å². The number of amides is 1. The fraction of sp³-hybridized carbons (Fsp3) is 0.278. The molecule has 1 N–H and O–H groups in total. The molecule has 0 aromatic heterocycles. The van der Waals surface area contributed by atoms with Crippen molar-refractivity contribution < 1.29 is 4.79 Å². The van der Waals surface area contributed by atoms with Crippen LogP contribution in [0.15, 0.2) is 48.5 Å². The lowest BCUT2D eigenvalue weighted by atomic mass is 10.1. The first-order valence-corrected chi connectivity index (χ1v) is 9.49. The number of thioether (sulfide) groups is 2. The van der Waals surface area contributed by atoms with E-state index >= 15 is 0 Å². The zero-order chi connectivity index (χ0) is 15.4. The van der Waals surface area contributed by atoms with E-state index in [9.17, 15) is 4.79 Å². The van der Waals surface area contributed by atoms with Crippen molar-refractivity contribution in [2.24, 2.45) is 0 Å². The monoisotopic (exact) mass is 329 g/mol. The van der Waals surface area contributed by atoms with Crippen molar-refractivity contribution in [1.29, 1.82) is 0 Å². The Bertz CT molecular complexity index is 648. The number of nitrogens with one attached hydrogen (secondary N) is 1. The minimum atomic E-state index is -0.0125. The van der Waals surface area contributed by atoms with Crippen LogP contribution in [0.2, 0.25) is 0 Å². The molecule has 2 nitrogen and oxygen atoms in total. The van der Waals surface area contributed by atoms with Gasteiger partial charge in [-0.05, 0) is 35.7 Å². The van der Waals surface area contributed by atoms with Crippen LogP contribution in [0.3, 0.4) is 0 Å². The smallest absolute Gasteiger partial charge is 0.251 e. The van der Waals surface area contributed by atoms with Crippen LogP contribution in [0.25, 0.3) is 0 Å². The molecule has 0 saturated carbocycles. The lowest BCUT2D eigenvalue weighted by Crippen LogP contribution is -2.23. The SMILES string of the molecule is Cc1ccccc1CNC(=O)c1ccc(C2SCCS2)cc1. The summed E-state index contributed by atoms with van der Waals surface area (Å²) in [7, 11) is 0. The second kappa shape index (κ2) is 7.25. The zero-order valence-corrected chi connectivity index (χ0v) is 14.2. The van der Waals surface area contributed by atoms with E-state index in [1.165, 1.54) is 22.6 Å². The molecule has 1 fully saturated rings. The van der Waals surface area contributed by atoms with Crippen molar-refractivity contribution in [2.75, 3.05) is 11.5 Å². The maximum atomic E-state index is 12.2. The van der Waals surface area contributed by atoms with Gasteiger partial charge >= 0.3 is 0 Å². The number of rotatable bonds is 4. The van der Waals surface area contributed by atoms with Gasteiger partial charge in [-0.1, -0.05) is 36.4 Å². The first-order chi connectivity index (χ1) is 10.7. The molecule has 1 heterocycles. The highest BCUT2D eigenvalue weighted by Gasteiger charge is 2.18. The number of benzene rings is 2. The van der Waals surface area contributed by atoms with Crippen LogP contribution < -0.4 is 5.32 Å². The Balaban J connectivity index is 1.61. The van der Waals surface area contributed by atoms with Crippen molar-refractivity contribution in [3.63, 3.8) is 0 Å². The average molecular weight is 329 g/mol. The highest BCUT2D eigenvalue weighted by atomic mass is 32.2. The second-order valence-electron chi connectivity index (χ2n) is 5.30. The van der Waals surface area contributed by atoms with Gasteiger partial charge < -0.3 is 5.32 Å². The highest BCUT2D eigenvalue weighted by Crippen LogP contribution is 2.45. The summed E-state index contributed by atoms with van der Waals surface area (Å²) in [4.78, 5) is 12.2. The summed E-state index contributed by atoms with van der Waals surface area (Å²) in [6.45, 7) is 2.63. The third-order valence-electron chi connectivity index (χ3n) is 3.77. The Kier molecular flexibility index (Phi) is 5.11. The third kappa shape index (κ3) is 3.68. The van der Waals surface area contributed by atoms with E-state index in [4.69, 9.17) is 0 Å². The van der Waals surface area contributed by atoms with Gasteiger partial charge in [0.25, 0.3) is 5.91 Å². The summed E-state index contributed by atoms with van der Waals surface area (Å²) < 4.78 is 0.532. The summed E-state index contributed by atoms with van der Waals surface area (Å²) in [6, 6.07) is 16.2. The average Bonchev–Trinajstić information content (AvgIpc) is 3.08. The molecule has 1 aliphatic heterocycles. The molecule has 1 saturated heterocycles. The van der Waals surface area contributed by atoms with E-state index < -0.39 is 0 Å². The lowest BCUT2D eigenvalue weighted by Gasteiger charge is -2.10. The number of carbonyl (C=O) groups excluding carboxylic acids is 1. The van der Waals surface area contributed by atoms with E-state index in [1.54, 1.807) is 0 Å². The minimum Gasteiger partial charge on any atom is -0.348 e. The van der Waals surface area contributed by atoms with E-state index in [2.05, 4.69) is 30.4 Å². The quantitative estimate of drug-likeness (QED) is 0.901. The summed E-state index contributed by atoms with van der Waals surface area (Å²) >= 11 is 3.96. The second-order valence-corrected chi connectivity index (χ2v) is 8.03. The summed E-state index contributed by atoms with van der Waals surface area (Å²) in [6.07, 6.45) is 0. The largest absolute Gasteiger partial charge is 0.348 e. The van der Waals surface area contributed by atoms with Crippen LogP contribution in [-0.2, 0) is 6.54 Å². The highest BCUT2D eigenvalue weighted by molar-refractivity contribution is 8.19. The summed E-state index contributed by atoms with van der Waals surface area (Å²) in [5.74, 6) is 2.42. The standard InChI is InChI=1S/C18H19NOS2/c1-13-4-2-3-5-16(13)12-19-17(20)14-6-8-15(9-7-14)18-21-10-11-22-18/h2-9,18H,10-12H2,1H3,(H,19,20). The molecule has 114 valence electrons. The third-order valence-corrected chi connectivity index (χ3v) is 6.87. The van der Waals surface area contributed by atoms with E-state index in [-0.39, 0.29) is 5.91 Å². The normalized spacial score (nSPS) is 15.0. The molecule has 0 radical (unpaired) electrons. The Labute approximate surface area is 140 Å². The maximum absolute atomic E-state index is 12.2. The summed E-state index contributed by atoms with van der Waals surface area (Å²) in [5, 5.41) is 3.00. The number of hydrogen-bond donors (Lipinski definition) is 1. The molecular formula is C18H19NOS2. The minimum absolute atomic E-state index is 0.0125. The molecule has 2 aromatic carbocycles. The number of hydrogen-bond acceptors (Lipinski definition) is 3. The van der Waals surface area contributed by atoms with Gasteiger partial charge in [-0.15, -0.1) is 23.5 Å². The fourth-order valence-electron chi connectivity index (χ4n) is 2.43. The molecule has 2 aromatic rings. The molecule has 3 rings (SSSR count). The van der Waals surface area contributed by atoms with Crippen LogP contribution in [0.5, 0.6) is 0 Å². The van der Waals surface area contributed by atoms with Gasteiger partial charge in [0.1, 0.15) is 0 Å². The molecule has 0 spiro atoms. The first-order valence-electron chi connectivity index (χ1n) is 7.40. The van der Waals surface area contributed by atoms with Crippen molar-refractivity contribution in [2.45, 2.75) is 18.1 Å². The van der Waals surface area contributed by atoms with Gasteiger partial charge in [-0.25, -0.2) is 0 Å². The number of carbonyl (C=O) groups is 1. The first kappa shape index (κ1) is 15.5. The Morgan fingerprint density at radius 3 is 2.45 bits per heavy atom. The molecule has 0 atom stereocenters. The van der Waals surface area contributed by atoms with Crippen molar-refractivity contribution in [3.8, 4) is 0 Å². The predicted octanol–water partition coefficient (Wildman–Crippen LogP) is 4.40. The lowest BCUT2D eigenvalue weighted by molar-refractivity contribution is 0.0951. The molecule has 0 aliphatic carbocycles. The van der Waals surface area contributed by atoms with E-state index in [0.29, 0.717) is 11.1 Å². The topological polar surface area (TPSA) is 29.1 Å². The Hall–Kier alpha value is -1.39. The van der Waals surface area contributed by atoms with Gasteiger partial charge in [-0.2, -0.15) is 0 Å². The molecule has 1 amide bonds. The van der Waals surface area contributed by atoms with E-state index in [0.717, 1.165) is 11.1 Å². The molecule has 1 aliphatic rings. The van der Waals surface area contributed by atoms with Crippen molar-refractivity contribution in [1.82, 2.24) is 5.32 Å². The fourth-order valence-corrected chi connectivity index (χ4v) is 5.29. The molecular weight excluding hydrogens is 310 g/mol. The molecule has 4 heteroatoms. The molecule has 0 unspecified atom stereocenters. The van der Waals surface area contributed by atoms with Crippen molar-refractivity contribution >= 4 is 29.4 Å². The van der Waals surface area contributed by atoms with Crippen LogP contribution in [0.1, 0.15) is 31.6 Å². The molecule has 22 heavy (non-hydrogen) atoms. The predicted molar refractivity (Wildman–Crippen MR) is 96.4 cm³/mol. The van der Waals surface area contributed by atoms with Crippen LogP contribution in [0, 0.1) is 6.92 Å². The van der Waals surface area contributed by atoms with Gasteiger partial charge in [0.15, 0.2) is 0 Å². The van der Waals surface area contributed by atoms with Gasteiger partial charge in [0.2, 0.25) is 0 Å². The zero-order valence-electron chi connectivity index (χ0n) is 12.5.